The van der Waals surface area contributed by atoms with Gasteiger partial charge in [-0.3, -0.25) is 20.0 Å². The molecule has 3 aromatic rings. The zero-order chi connectivity index (χ0) is 23.4. The van der Waals surface area contributed by atoms with Gasteiger partial charge >= 0.3 is 0 Å². The highest BCUT2D eigenvalue weighted by Gasteiger charge is 2.31. The van der Waals surface area contributed by atoms with E-state index in [1.165, 1.54) is 11.1 Å². The Morgan fingerprint density at radius 1 is 1.27 bits per heavy atom. The molecule has 1 N–H and O–H groups in total. The minimum atomic E-state index is -0.357. The number of carbonyl (C=O) groups excluding carboxylic acids is 2. The number of nitrogens with zero attached hydrogens (tertiary/aromatic N) is 3. The minimum Gasteiger partial charge on any atom is -0.495 e. The number of carbonyl (C=O) groups is 2. The Balaban J connectivity index is 1.43. The average molecular weight is 509 g/mol. The highest BCUT2D eigenvalue weighted by molar-refractivity contribution is 9.10. The number of hydrazine groups is 1. The second-order valence-electron chi connectivity index (χ2n) is 7.87. The van der Waals surface area contributed by atoms with Crippen molar-refractivity contribution in [1.82, 2.24) is 20.0 Å². The van der Waals surface area contributed by atoms with E-state index in [2.05, 4.69) is 26.3 Å². The summed E-state index contributed by atoms with van der Waals surface area (Å²) in [6.07, 6.45) is 8.33. The normalized spacial score (nSPS) is 16.3. The molecule has 1 aliphatic rings. The van der Waals surface area contributed by atoms with Gasteiger partial charge < -0.3 is 9.30 Å². The number of aromatic nitrogens is 2. The number of amides is 2. The van der Waals surface area contributed by atoms with Crippen LogP contribution in [0.3, 0.4) is 0 Å². The van der Waals surface area contributed by atoms with Crippen molar-refractivity contribution in [3.8, 4) is 11.4 Å². The average Bonchev–Trinajstić information content (AvgIpc) is 3.25. The molecule has 4 rings (SSSR count). The van der Waals surface area contributed by atoms with Gasteiger partial charge in [-0.25, -0.2) is 4.98 Å². The highest BCUT2D eigenvalue weighted by Crippen LogP contribution is 2.32. The van der Waals surface area contributed by atoms with Crippen LogP contribution in [0.1, 0.15) is 35.6 Å². The van der Waals surface area contributed by atoms with Crippen LogP contribution in [0.2, 0.25) is 0 Å². The molecule has 170 valence electrons. The molecule has 0 radical (unpaired) electrons. The molecule has 1 aliphatic heterocycles. The number of hydrogen-bond acceptors (Lipinski definition) is 4. The predicted molar refractivity (Wildman–Crippen MR) is 130 cm³/mol. The van der Waals surface area contributed by atoms with E-state index in [-0.39, 0.29) is 17.7 Å². The molecule has 1 aromatic heterocycles. The molecule has 0 aliphatic carbocycles. The number of nitrogens with one attached hydrogen (secondary N) is 1. The Morgan fingerprint density at radius 2 is 2.09 bits per heavy atom. The molecule has 2 aromatic carbocycles. The van der Waals surface area contributed by atoms with E-state index in [0.717, 1.165) is 39.8 Å². The lowest BCUT2D eigenvalue weighted by Crippen LogP contribution is -2.50. The van der Waals surface area contributed by atoms with E-state index in [0.29, 0.717) is 12.3 Å². The first-order valence-electron chi connectivity index (χ1n) is 10.7. The lowest BCUT2D eigenvalue weighted by molar-refractivity contribution is -0.143. The number of halogens is 1. The van der Waals surface area contributed by atoms with E-state index >= 15 is 0 Å². The number of imidazole rings is 1. The first kappa shape index (κ1) is 22.8. The van der Waals surface area contributed by atoms with Crippen LogP contribution < -0.4 is 10.2 Å². The van der Waals surface area contributed by atoms with E-state index in [9.17, 15) is 9.59 Å². The third kappa shape index (κ3) is 5.17. The van der Waals surface area contributed by atoms with Gasteiger partial charge in [-0.15, -0.1) is 0 Å². The summed E-state index contributed by atoms with van der Waals surface area (Å²) in [5.41, 5.74) is 6.24. The Hall–Kier alpha value is -3.39. The van der Waals surface area contributed by atoms with Gasteiger partial charge in [0.2, 0.25) is 5.91 Å². The van der Waals surface area contributed by atoms with Crippen LogP contribution in [0.15, 0.2) is 65.5 Å². The molecule has 7 nitrogen and oxygen atoms in total. The maximum Gasteiger partial charge on any atom is 0.262 e. The lowest BCUT2D eigenvalue weighted by Gasteiger charge is -2.32. The standard InChI is InChI=1S/C25H25BrN4O3/c1-17-15-29(16-27-17)22-11-9-18(14-23(22)33-2)10-12-24(31)28-30-13-5-7-20(25(30)32)19-6-3-4-8-21(19)26/h3-4,6,8-12,14-16,20H,5,7,13H2,1-2H3,(H,28,31). The molecular weight excluding hydrogens is 484 g/mol. The largest absolute Gasteiger partial charge is 0.495 e. The Bertz CT molecular complexity index is 1200. The Labute approximate surface area is 201 Å². The molecule has 1 atom stereocenters. The van der Waals surface area contributed by atoms with Gasteiger partial charge in [-0.1, -0.05) is 40.2 Å². The Morgan fingerprint density at radius 3 is 2.82 bits per heavy atom. The van der Waals surface area contributed by atoms with Crippen molar-refractivity contribution in [2.75, 3.05) is 13.7 Å². The van der Waals surface area contributed by atoms with Crippen LogP contribution in [0, 0.1) is 6.92 Å². The second-order valence-corrected chi connectivity index (χ2v) is 8.72. The summed E-state index contributed by atoms with van der Waals surface area (Å²) in [4.78, 5) is 29.8. The van der Waals surface area contributed by atoms with Gasteiger partial charge in [-0.05, 0) is 55.2 Å². The number of ether oxygens (including phenoxy) is 1. The summed E-state index contributed by atoms with van der Waals surface area (Å²) in [5.74, 6) is -0.0689. The number of piperidine rings is 1. The van der Waals surface area contributed by atoms with E-state index < -0.39 is 0 Å². The summed E-state index contributed by atoms with van der Waals surface area (Å²) in [7, 11) is 1.60. The SMILES string of the molecule is COc1cc(C=CC(=O)NN2CCCC(c3ccccc3Br)C2=O)ccc1-n1cnc(C)c1. The molecule has 8 heteroatoms. The van der Waals surface area contributed by atoms with Gasteiger partial charge in [0.05, 0.1) is 30.7 Å². The Kier molecular flexibility index (Phi) is 6.93. The quantitative estimate of drug-likeness (QED) is 0.500. The first-order chi connectivity index (χ1) is 16.0. The number of methoxy groups -OCH3 is 1. The second kappa shape index (κ2) is 10.0. The van der Waals surface area contributed by atoms with Crippen molar-refractivity contribution in [2.24, 2.45) is 0 Å². The van der Waals surface area contributed by atoms with Crippen molar-refractivity contribution in [2.45, 2.75) is 25.7 Å². The van der Waals surface area contributed by atoms with Crippen LogP contribution in [0.5, 0.6) is 5.75 Å². The van der Waals surface area contributed by atoms with E-state index in [1.807, 2.05) is 60.2 Å². The molecule has 2 amide bonds. The van der Waals surface area contributed by atoms with Crippen molar-refractivity contribution in [1.29, 1.82) is 0 Å². The number of rotatable bonds is 6. The summed E-state index contributed by atoms with van der Waals surface area (Å²) in [5, 5.41) is 1.42. The molecule has 0 saturated carbocycles. The van der Waals surface area contributed by atoms with E-state index in [4.69, 9.17) is 4.74 Å². The lowest BCUT2D eigenvalue weighted by atomic mass is 9.90. The van der Waals surface area contributed by atoms with Gasteiger partial charge in [0.25, 0.3) is 5.91 Å². The molecule has 33 heavy (non-hydrogen) atoms. The minimum absolute atomic E-state index is 0.100. The van der Waals surface area contributed by atoms with Gasteiger partial charge in [0.15, 0.2) is 0 Å². The molecule has 1 unspecified atom stereocenters. The van der Waals surface area contributed by atoms with Crippen LogP contribution in [-0.4, -0.2) is 40.0 Å². The molecule has 1 fully saturated rings. The van der Waals surface area contributed by atoms with Crippen LogP contribution in [0.4, 0.5) is 0 Å². The summed E-state index contributed by atoms with van der Waals surface area (Å²) in [6, 6.07) is 13.4. The summed E-state index contributed by atoms with van der Waals surface area (Å²) < 4.78 is 8.30. The number of aryl methyl sites for hydroxylation is 1. The van der Waals surface area contributed by atoms with Gasteiger partial charge in [0.1, 0.15) is 5.75 Å². The van der Waals surface area contributed by atoms with Crippen LogP contribution in [-0.2, 0) is 9.59 Å². The van der Waals surface area contributed by atoms with Crippen molar-refractivity contribution < 1.29 is 14.3 Å². The number of benzene rings is 2. The predicted octanol–water partition coefficient (Wildman–Crippen LogP) is 4.40. The number of hydrogen-bond donors (Lipinski definition) is 1. The van der Waals surface area contributed by atoms with Crippen molar-refractivity contribution in [3.63, 3.8) is 0 Å². The molecule has 0 bridgehead atoms. The summed E-state index contributed by atoms with van der Waals surface area (Å²) >= 11 is 3.53. The fourth-order valence-electron chi connectivity index (χ4n) is 3.94. The molecular formula is C25H25BrN4O3. The maximum absolute atomic E-state index is 13.0. The van der Waals surface area contributed by atoms with Crippen molar-refractivity contribution in [3.05, 3.63) is 82.4 Å². The molecule has 0 spiro atoms. The third-order valence-electron chi connectivity index (χ3n) is 5.59. The zero-order valence-electron chi connectivity index (χ0n) is 18.5. The maximum atomic E-state index is 13.0. The monoisotopic (exact) mass is 508 g/mol. The zero-order valence-corrected chi connectivity index (χ0v) is 20.1. The molecule has 1 saturated heterocycles. The van der Waals surface area contributed by atoms with E-state index in [1.54, 1.807) is 19.5 Å². The first-order valence-corrected chi connectivity index (χ1v) is 11.5. The fourth-order valence-corrected chi connectivity index (χ4v) is 4.50. The highest BCUT2D eigenvalue weighted by atomic mass is 79.9. The van der Waals surface area contributed by atoms with Crippen molar-refractivity contribution >= 4 is 33.8 Å². The fraction of sp³-hybridized carbons (Fsp3) is 0.240. The van der Waals surface area contributed by atoms with Crippen LogP contribution >= 0.6 is 15.9 Å². The van der Waals surface area contributed by atoms with Gasteiger partial charge in [0, 0.05) is 23.3 Å². The van der Waals surface area contributed by atoms with Crippen LogP contribution in [0.25, 0.3) is 11.8 Å². The summed E-state index contributed by atoms with van der Waals surface area (Å²) in [6.45, 7) is 2.42. The molecule has 2 heterocycles. The topological polar surface area (TPSA) is 76.5 Å². The smallest absolute Gasteiger partial charge is 0.262 e. The van der Waals surface area contributed by atoms with Gasteiger partial charge in [-0.2, -0.15) is 0 Å². The third-order valence-corrected chi connectivity index (χ3v) is 6.31.